The molecule has 0 atom stereocenters. The quantitative estimate of drug-likeness (QED) is 0.780. The van der Waals surface area contributed by atoms with Gasteiger partial charge in [0.25, 0.3) is 0 Å². The second kappa shape index (κ2) is 4.14. The lowest BCUT2D eigenvalue weighted by atomic mass is 9.84. The first-order chi connectivity index (χ1) is 6.51. The zero-order valence-corrected chi connectivity index (χ0v) is 9.59. The Morgan fingerprint density at radius 3 is 2.36 bits per heavy atom. The van der Waals surface area contributed by atoms with Crippen LogP contribution in [-0.4, -0.2) is 11.7 Å². The molecule has 0 spiro atoms. The van der Waals surface area contributed by atoms with Crippen LogP contribution in [-0.2, 0) is 11.8 Å². The molecule has 0 heterocycles. The van der Waals surface area contributed by atoms with Gasteiger partial charge in [0, 0.05) is 5.41 Å². The van der Waals surface area contributed by atoms with Gasteiger partial charge < -0.3 is 5.11 Å². The number of hydrogen-bond acceptors (Lipinski definition) is 1. The molecule has 14 heavy (non-hydrogen) atoms. The molecule has 1 aromatic carbocycles. The normalized spacial score (nSPS) is 11.8. The van der Waals surface area contributed by atoms with E-state index in [9.17, 15) is 5.11 Å². The largest absolute Gasteiger partial charge is 0.395 e. The van der Waals surface area contributed by atoms with Gasteiger partial charge in [-0.25, -0.2) is 0 Å². The number of aryl methyl sites for hydroxylation is 2. The molecule has 0 amide bonds. The van der Waals surface area contributed by atoms with E-state index >= 15 is 0 Å². The molecule has 1 rings (SSSR count). The van der Waals surface area contributed by atoms with Crippen molar-refractivity contribution in [2.75, 3.05) is 6.61 Å². The van der Waals surface area contributed by atoms with Gasteiger partial charge in [0.05, 0.1) is 6.61 Å². The Kier molecular flexibility index (Phi) is 3.33. The fraction of sp³-hybridized carbons (Fsp3) is 0.538. The Labute approximate surface area is 86.8 Å². The van der Waals surface area contributed by atoms with Crippen LogP contribution in [0.1, 0.15) is 37.5 Å². The molecule has 0 saturated heterocycles. The van der Waals surface area contributed by atoms with E-state index in [0.717, 1.165) is 6.42 Å². The van der Waals surface area contributed by atoms with Crippen LogP contribution >= 0.6 is 0 Å². The Hall–Kier alpha value is -0.820. The third-order valence-electron chi connectivity index (χ3n) is 2.90. The summed E-state index contributed by atoms with van der Waals surface area (Å²) < 4.78 is 0. The fourth-order valence-electron chi connectivity index (χ4n) is 1.60. The number of aliphatic hydroxyl groups is 1. The van der Waals surface area contributed by atoms with Crippen LogP contribution in [0.25, 0.3) is 0 Å². The summed E-state index contributed by atoms with van der Waals surface area (Å²) in [5.74, 6) is 0. The minimum Gasteiger partial charge on any atom is -0.395 e. The average Bonchev–Trinajstić information content (AvgIpc) is 2.17. The van der Waals surface area contributed by atoms with Gasteiger partial charge in [-0.15, -0.1) is 0 Å². The molecule has 0 aliphatic carbocycles. The highest BCUT2D eigenvalue weighted by atomic mass is 16.3. The van der Waals surface area contributed by atoms with Crippen LogP contribution < -0.4 is 0 Å². The van der Waals surface area contributed by atoms with Crippen LogP contribution in [0.2, 0.25) is 0 Å². The number of aliphatic hydroxyl groups excluding tert-OH is 1. The van der Waals surface area contributed by atoms with E-state index in [4.69, 9.17) is 0 Å². The van der Waals surface area contributed by atoms with Crippen LogP contribution in [0.4, 0.5) is 0 Å². The molecular weight excluding hydrogens is 172 g/mol. The van der Waals surface area contributed by atoms with E-state index in [0.29, 0.717) is 0 Å². The van der Waals surface area contributed by atoms with Gasteiger partial charge in [-0.3, -0.25) is 0 Å². The first-order valence-electron chi connectivity index (χ1n) is 5.22. The fourth-order valence-corrected chi connectivity index (χ4v) is 1.60. The Balaban J connectivity index is 3.08. The van der Waals surface area contributed by atoms with Crippen LogP contribution in [0.15, 0.2) is 18.2 Å². The van der Waals surface area contributed by atoms with Crippen molar-refractivity contribution in [3.63, 3.8) is 0 Å². The summed E-state index contributed by atoms with van der Waals surface area (Å²) in [6.45, 7) is 8.62. The van der Waals surface area contributed by atoms with E-state index in [-0.39, 0.29) is 12.0 Å². The van der Waals surface area contributed by atoms with Gasteiger partial charge in [0.2, 0.25) is 0 Å². The van der Waals surface area contributed by atoms with Gasteiger partial charge in [0.15, 0.2) is 0 Å². The van der Waals surface area contributed by atoms with E-state index < -0.39 is 0 Å². The molecule has 1 nitrogen and oxygen atoms in total. The summed E-state index contributed by atoms with van der Waals surface area (Å²) in [5, 5.41) is 9.26. The molecule has 78 valence electrons. The van der Waals surface area contributed by atoms with Crippen molar-refractivity contribution in [3.05, 3.63) is 34.9 Å². The predicted molar refractivity (Wildman–Crippen MR) is 60.7 cm³/mol. The second-order valence-electron chi connectivity index (χ2n) is 4.54. The molecule has 1 heteroatoms. The van der Waals surface area contributed by atoms with E-state index in [1.807, 2.05) is 0 Å². The Bertz CT molecular complexity index is 313. The van der Waals surface area contributed by atoms with E-state index in [1.165, 1.54) is 16.7 Å². The molecule has 0 saturated carbocycles. The third kappa shape index (κ3) is 2.16. The van der Waals surface area contributed by atoms with Crippen LogP contribution in [0, 0.1) is 6.92 Å². The molecule has 0 unspecified atom stereocenters. The summed E-state index contributed by atoms with van der Waals surface area (Å²) in [6.07, 6.45) is 1.08. The van der Waals surface area contributed by atoms with Crippen molar-refractivity contribution < 1.29 is 5.11 Å². The summed E-state index contributed by atoms with van der Waals surface area (Å²) in [4.78, 5) is 0. The zero-order chi connectivity index (χ0) is 10.8. The zero-order valence-electron chi connectivity index (χ0n) is 9.59. The molecule has 0 fully saturated rings. The van der Waals surface area contributed by atoms with Crippen LogP contribution in [0.5, 0.6) is 0 Å². The first-order valence-corrected chi connectivity index (χ1v) is 5.22. The molecule has 0 bridgehead atoms. The minimum atomic E-state index is -0.128. The molecule has 0 aliphatic rings. The predicted octanol–water partition coefficient (Wildman–Crippen LogP) is 2.83. The standard InChI is InChI=1S/C13H20O/c1-5-11-6-7-12(8-10(11)2)13(3,4)9-14/h6-8,14H,5,9H2,1-4H3. The van der Waals surface area contributed by atoms with Gasteiger partial charge in [-0.2, -0.15) is 0 Å². The lowest BCUT2D eigenvalue weighted by Crippen LogP contribution is -2.22. The maximum Gasteiger partial charge on any atom is 0.0522 e. The molecule has 0 aliphatic heterocycles. The topological polar surface area (TPSA) is 20.2 Å². The first kappa shape index (κ1) is 11.3. The maximum atomic E-state index is 9.26. The number of rotatable bonds is 3. The summed E-state index contributed by atoms with van der Waals surface area (Å²) >= 11 is 0. The molecule has 0 aromatic heterocycles. The van der Waals surface area contributed by atoms with Crippen molar-refractivity contribution in [2.24, 2.45) is 0 Å². The Morgan fingerprint density at radius 1 is 1.29 bits per heavy atom. The smallest absolute Gasteiger partial charge is 0.0522 e. The lowest BCUT2D eigenvalue weighted by Gasteiger charge is -2.23. The summed E-state index contributed by atoms with van der Waals surface area (Å²) in [6, 6.07) is 6.49. The molecule has 1 N–H and O–H groups in total. The second-order valence-corrected chi connectivity index (χ2v) is 4.54. The highest BCUT2D eigenvalue weighted by Crippen LogP contribution is 2.24. The van der Waals surface area contributed by atoms with Gasteiger partial charge in [-0.1, -0.05) is 39.0 Å². The monoisotopic (exact) mass is 192 g/mol. The van der Waals surface area contributed by atoms with Crippen molar-refractivity contribution in [1.82, 2.24) is 0 Å². The van der Waals surface area contributed by atoms with Crippen molar-refractivity contribution in [3.8, 4) is 0 Å². The minimum absolute atomic E-state index is 0.128. The van der Waals surface area contributed by atoms with Gasteiger partial charge in [-0.05, 0) is 30.0 Å². The van der Waals surface area contributed by atoms with E-state index in [1.54, 1.807) is 0 Å². The SMILES string of the molecule is CCc1ccc(C(C)(C)CO)cc1C. The highest BCUT2D eigenvalue weighted by Gasteiger charge is 2.19. The molecule has 1 aromatic rings. The molecular formula is C13H20O. The highest BCUT2D eigenvalue weighted by molar-refractivity contribution is 5.34. The van der Waals surface area contributed by atoms with Gasteiger partial charge in [0.1, 0.15) is 0 Å². The van der Waals surface area contributed by atoms with Gasteiger partial charge >= 0.3 is 0 Å². The molecule has 0 radical (unpaired) electrons. The number of hydrogen-bond donors (Lipinski definition) is 1. The Morgan fingerprint density at radius 2 is 1.93 bits per heavy atom. The van der Waals surface area contributed by atoms with Crippen LogP contribution in [0.3, 0.4) is 0 Å². The average molecular weight is 192 g/mol. The third-order valence-corrected chi connectivity index (χ3v) is 2.90. The summed E-state index contributed by atoms with van der Waals surface area (Å²) in [7, 11) is 0. The maximum absolute atomic E-state index is 9.26. The van der Waals surface area contributed by atoms with Crippen molar-refractivity contribution in [1.29, 1.82) is 0 Å². The lowest BCUT2D eigenvalue weighted by molar-refractivity contribution is 0.218. The van der Waals surface area contributed by atoms with Crippen molar-refractivity contribution in [2.45, 2.75) is 39.5 Å². The summed E-state index contributed by atoms with van der Waals surface area (Å²) in [5.41, 5.74) is 3.81. The van der Waals surface area contributed by atoms with Crippen molar-refractivity contribution >= 4 is 0 Å². The number of benzene rings is 1. The van der Waals surface area contributed by atoms with E-state index in [2.05, 4.69) is 45.9 Å².